The molecule has 0 spiro atoms. The Hall–Kier alpha value is -2.70. The van der Waals surface area contributed by atoms with Gasteiger partial charge in [0, 0.05) is 11.6 Å². The molecule has 32 heavy (non-hydrogen) atoms. The van der Waals surface area contributed by atoms with Gasteiger partial charge in [0.25, 0.3) is 11.7 Å². The van der Waals surface area contributed by atoms with Crippen molar-refractivity contribution >= 4 is 40.7 Å². The summed E-state index contributed by atoms with van der Waals surface area (Å²) >= 11 is 12.1. The summed E-state index contributed by atoms with van der Waals surface area (Å²) in [6.07, 6.45) is 3.59. The Morgan fingerprint density at radius 2 is 1.66 bits per heavy atom. The number of halogens is 2. The maximum absolute atomic E-state index is 13.2. The molecular formula is C24H23Cl2NO5. The van der Waals surface area contributed by atoms with Crippen LogP contribution < -0.4 is 9.47 Å². The maximum atomic E-state index is 13.2. The topological polar surface area (TPSA) is 76.1 Å². The second-order valence-corrected chi connectivity index (χ2v) is 8.70. The molecule has 2 aliphatic rings. The number of Topliss-reactive ketones (excluding diaryl/α,β-unsaturated/α-hetero) is 1. The molecule has 1 atom stereocenters. The van der Waals surface area contributed by atoms with Gasteiger partial charge in [-0.1, -0.05) is 42.1 Å². The molecule has 8 heteroatoms. The number of nitrogens with zero attached hydrogens (tertiary/aromatic N) is 1. The average molecular weight is 476 g/mol. The number of methoxy groups -OCH3 is 2. The quantitative estimate of drug-likeness (QED) is 0.357. The highest BCUT2D eigenvalue weighted by molar-refractivity contribution is 6.47. The molecule has 2 aromatic rings. The Morgan fingerprint density at radius 3 is 2.28 bits per heavy atom. The molecule has 1 amide bonds. The highest BCUT2D eigenvalue weighted by Crippen LogP contribution is 2.45. The first-order valence-electron chi connectivity index (χ1n) is 10.3. The Morgan fingerprint density at radius 1 is 0.969 bits per heavy atom. The molecule has 1 N–H and O–H groups in total. The summed E-state index contributed by atoms with van der Waals surface area (Å²) in [5.74, 6) is -0.629. The molecular weight excluding hydrogens is 453 g/mol. The molecule has 2 fully saturated rings. The summed E-state index contributed by atoms with van der Waals surface area (Å²) in [5.41, 5.74) is 0.983. The minimum Gasteiger partial charge on any atom is -0.507 e. The minimum atomic E-state index is -0.757. The van der Waals surface area contributed by atoms with Crippen molar-refractivity contribution in [3.8, 4) is 11.5 Å². The molecule has 0 bridgehead atoms. The van der Waals surface area contributed by atoms with E-state index >= 15 is 0 Å². The lowest BCUT2D eigenvalue weighted by Crippen LogP contribution is -2.37. The molecule has 168 valence electrons. The number of rotatable bonds is 5. The number of aliphatic hydroxyl groups is 1. The molecule has 6 nitrogen and oxygen atoms in total. The number of benzene rings is 2. The van der Waals surface area contributed by atoms with Gasteiger partial charge in [0.1, 0.15) is 5.76 Å². The van der Waals surface area contributed by atoms with Crippen LogP contribution in [0.2, 0.25) is 10.0 Å². The van der Waals surface area contributed by atoms with Crippen LogP contribution in [0.25, 0.3) is 5.76 Å². The van der Waals surface area contributed by atoms with Crippen LogP contribution in [0, 0.1) is 0 Å². The number of aliphatic hydroxyl groups excluding tert-OH is 1. The van der Waals surface area contributed by atoms with Crippen molar-refractivity contribution in [2.24, 2.45) is 0 Å². The van der Waals surface area contributed by atoms with Crippen molar-refractivity contribution in [1.29, 1.82) is 0 Å². The van der Waals surface area contributed by atoms with Crippen LogP contribution in [-0.4, -0.2) is 42.0 Å². The van der Waals surface area contributed by atoms with Crippen LogP contribution in [0.15, 0.2) is 42.0 Å². The SMILES string of the molecule is COc1ccc(C2/C(=C(/O)c3ccc(Cl)c(Cl)c3)C(=O)C(=O)N2C2CCCC2)cc1OC. The van der Waals surface area contributed by atoms with Crippen molar-refractivity contribution in [2.45, 2.75) is 37.8 Å². The van der Waals surface area contributed by atoms with E-state index < -0.39 is 17.7 Å². The lowest BCUT2D eigenvalue weighted by atomic mass is 9.94. The Bertz CT molecular complexity index is 1110. The van der Waals surface area contributed by atoms with Gasteiger partial charge in [0.15, 0.2) is 11.5 Å². The van der Waals surface area contributed by atoms with Crippen LogP contribution in [0.1, 0.15) is 42.9 Å². The number of hydrogen-bond donors (Lipinski definition) is 1. The molecule has 1 saturated carbocycles. The first kappa shape index (κ1) is 22.5. The standard InChI is InChI=1S/C24H23Cl2NO5/c1-31-18-10-8-13(12-19(18)32-2)21-20(22(28)14-7-9-16(25)17(26)11-14)23(29)24(30)27(21)15-5-3-4-6-15/h7-12,15,21,28H,3-6H2,1-2H3/b22-20-. The second kappa shape index (κ2) is 9.04. The van der Waals surface area contributed by atoms with Gasteiger partial charge in [0.05, 0.1) is 35.9 Å². The van der Waals surface area contributed by atoms with Crippen LogP contribution in [0.5, 0.6) is 11.5 Å². The third kappa shape index (κ3) is 3.82. The Kier molecular flexibility index (Phi) is 6.35. The maximum Gasteiger partial charge on any atom is 0.295 e. The van der Waals surface area contributed by atoms with Gasteiger partial charge in [0.2, 0.25) is 0 Å². The van der Waals surface area contributed by atoms with Crippen LogP contribution >= 0.6 is 23.2 Å². The highest BCUT2D eigenvalue weighted by Gasteiger charge is 2.49. The van der Waals surface area contributed by atoms with Gasteiger partial charge in [-0.3, -0.25) is 9.59 Å². The number of likely N-dealkylation sites (tertiary alicyclic amines) is 1. The van der Waals surface area contributed by atoms with Crippen molar-refractivity contribution in [2.75, 3.05) is 14.2 Å². The molecule has 1 unspecified atom stereocenters. The molecule has 1 aliphatic carbocycles. The zero-order valence-electron chi connectivity index (χ0n) is 17.7. The third-order valence-electron chi connectivity index (χ3n) is 6.11. The first-order valence-corrected chi connectivity index (χ1v) is 11.1. The number of ether oxygens (including phenoxy) is 2. The molecule has 1 saturated heterocycles. The van der Waals surface area contributed by atoms with E-state index in [0.29, 0.717) is 27.6 Å². The van der Waals surface area contributed by atoms with Gasteiger partial charge in [-0.15, -0.1) is 0 Å². The van der Waals surface area contributed by atoms with Crippen molar-refractivity contribution < 1.29 is 24.2 Å². The number of amides is 1. The predicted octanol–water partition coefficient (Wildman–Crippen LogP) is 5.37. The normalized spacial score (nSPS) is 20.8. The zero-order chi connectivity index (χ0) is 23.0. The molecule has 1 heterocycles. The van der Waals surface area contributed by atoms with Gasteiger partial charge in [-0.2, -0.15) is 0 Å². The second-order valence-electron chi connectivity index (χ2n) is 7.89. The lowest BCUT2D eigenvalue weighted by Gasteiger charge is -2.31. The fraction of sp³-hybridized carbons (Fsp3) is 0.333. The van der Waals surface area contributed by atoms with Gasteiger partial charge >= 0.3 is 0 Å². The van der Waals surface area contributed by atoms with Gasteiger partial charge < -0.3 is 19.5 Å². The van der Waals surface area contributed by atoms with E-state index in [1.807, 2.05) is 0 Å². The van der Waals surface area contributed by atoms with Crippen molar-refractivity contribution in [3.63, 3.8) is 0 Å². The van der Waals surface area contributed by atoms with Crippen molar-refractivity contribution in [1.82, 2.24) is 4.90 Å². The predicted molar refractivity (Wildman–Crippen MR) is 122 cm³/mol. The van der Waals surface area contributed by atoms with E-state index in [1.165, 1.54) is 26.4 Å². The summed E-state index contributed by atoms with van der Waals surface area (Å²) in [4.78, 5) is 27.9. The van der Waals surface area contributed by atoms with E-state index in [9.17, 15) is 14.7 Å². The summed E-state index contributed by atoms with van der Waals surface area (Å²) in [5, 5.41) is 11.7. The Labute approximate surface area is 196 Å². The average Bonchev–Trinajstić information content (AvgIpc) is 3.41. The number of carbonyl (C=O) groups is 2. The molecule has 0 radical (unpaired) electrons. The molecule has 0 aromatic heterocycles. The highest BCUT2D eigenvalue weighted by atomic mass is 35.5. The van der Waals surface area contributed by atoms with Crippen LogP contribution in [0.4, 0.5) is 0 Å². The van der Waals surface area contributed by atoms with Gasteiger partial charge in [-0.25, -0.2) is 0 Å². The smallest absolute Gasteiger partial charge is 0.295 e. The number of hydrogen-bond acceptors (Lipinski definition) is 5. The van der Waals surface area contributed by atoms with E-state index in [1.54, 1.807) is 29.2 Å². The molecule has 1 aliphatic heterocycles. The first-order chi connectivity index (χ1) is 15.4. The van der Waals surface area contributed by atoms with E-state index in [2.05, 4.69) is 0 Å². The number of carbonyl (C=O) groups excluding carboxylic acids is 2. The van der Waals surface area contributed by atoms with Crippen molar-refractivity contribution in [3.05, 3.63) is 63.1 Å². The van der Waals surface area contributed by atoms with E-state index in [4.69, 9.17) is 32.7 Å². The van der Waals surface area contributed by atoms with Crippen LogP contribution in [-0.2, 0) is 9.59 Å². The summed E-state index contributed by atoms with van der Waals surface area (Å²) in [6, 6.07) is 8.99. The van der Waals surface area contributed by atoms with E-state index in [-0.39, 0.29) is 22.4 Å². The summed E-state index contributed by atoms with van der Waals surface area (Å²) in [6.45, 7) is 0. The summed E-state index contributed by atoms with van der Waals surface area (Å²) < 4.78 is 10.8. The zero-order valence-corrected chi connectivity index (χ0v) is 19.2. The lowest BCUT2D eigenvalue weighted by molar-refractivity contribution is -0.141. The monoisotopic (exact) mass is 475 g/mol. The van der Waals surface area contributed by atoms with Gasteiger partial charge in [-0.05, 0) is 48.7 Å². The fourth-order valence-electron chi connectivity index (χ4n) is 4.56. The molecule has 4 rings (SSSR count). The summed E-state index contributed by atoms with van der Waals surface area (Å²) in [7, 11) is 3.05. The fourth-order valence-corrected chi connectivity index (χ4v) is 4.86. The largest absolute Gasteiger partial charge is 0.507 e. The minimum absolute atomic E-state index is 0.0208. The van der Waals surface area contributed by atoms with Crippen LogP contribution in [0.3, 0.4) is 0 Å². The third-order valence-corrected chi connectivity index (χ3v) is 6.85. The number of ketones is 1. The Balaban J connectivity index is 1.91. The van der Waals surface area contributed by atoms with E-state index in [0.717, 1.165) is 25.7 Å². The molecule has 2 aromatic carbocycles.